The lowest BCUT2D eigenvalue weighted by molar-refractivity contribution is -0.112. The summed E-state index contributed by atoms with van der Waals surface area (Å²) in [5.41, 5.74) is 2.15. The number of nitrogens with one attached hydrogen (secondary N) is 1. The van der Waals surface area contributed by atoms with Crippen molar-refractivity contribution >= 4 is 46.6 Å². The minimum atomic E-state index is -0.170. The Balaban J connectivity index is 1.52. The Morgan fingerprint density at radius 3 is 2.87 bits per heavy atom. The van der Waals surface area contributed by atoms with Crippen molar-refractivity contribution in [2.24, 2.45) is 7.05 Å². The molecule has 1 N–H and O–H groups in total. The van der Waals surface area contributed by atoms with Crippen LogP contribution in [0.4, 0.5) is 5.69 Å². The molecule has 2 aliphatic heterocycles. The molecule has 10 heteroatoms. The zero-order chi connectivity index (χ0) is 21.8. The number of ether oxygens (including phenoxy) is 2. The Morgan fingerprint density at radius 1 is 1.39 bits per heavy atom. The Hall–Kier alpha value is -1.71. The topological polar surface area (TPSA) is 68.6 Å². The van der Waals surface area contributed by atoms with Gasteiger partial charge in [0.2, 0.25) is 0 Å². The first-order chi connectivity index (χ1) is 15.0. The van der Waals surface area contributed by atoms with E-state index in [0.717, 1.165) is 44.1 Å². The smallest absolute Gasteiger partial charge is 0.261 e. The van der Waals surface area contributed by atoms with E-state index in [9.17, 15) is 4.79 Å². The number of alkyl halides is 1. The molecule has 7 nitrogen and oxygen atoms in total. The summed E-state index contributed by atoms with van der Waals surface area (Å²) in [4.78, 5) is 15.5. The molecule has 0 bridgehead atoms. The minimum Gasteiger partial charge on any atom is -0.492 e. The van der Waals surface area contributed by atoms with Crippen LogP contribution < -0.4 is 10.1 Å². The molecular weight excluding hydrogens is 459 g/mol. The summed E-state index contributed by atoms with van der Waals surface area (Å²) in [5, 5.41) is 7.70. The van der Waals surface area contributed by atoms with E-state index in [1.165, 1.54) is 11.8 Å². The van der Waals surface area contributed by atoms with E-state index < -0.39 is 0 Å². The van der Waals surface area contributed by atoms with Gasteiger partial charge in [0.25, 0.3) is 5.91 Å². The third-order valence-electron chi connectivity index (χ3n) is 5.12. The highest BCUT2D eigenvalue weighted by molar-refractivity contribution is 8.05. The van der Waals surface area contributed by atoms with Crippen LogP contribution in [-0.2, 0) is 16.6 Å². The van der Waals surface area contributed by atoms with E-state index in [1.54, 1.807) is 10.9 Å². The normalized spacial score (nSPS) is 19.3. The molecule has 1 saturated heterocycles. The van der Waals surface area contributed by atoms with Crippen molar-refractivity contribution in [2.45, 2.75) is 11.1 Å². The highest BCUT2D eigenvalue weighted by atomic mass is 35.5. The molecule has 3 heterocycles. The summed E-state index contributed by atoms with van der Waals surface area (Å²) in [6.07, 6.45) is 4.14. The van der Waals surface area contributed by atoms with Crippen LogP contribution in [0.15, 0.2) is 35.4 Å². The van der Waals surface area contributed by atoms with E-state index in [4.69, 9.17) is 32.7 Å². The third-order valence-corrected chi connectivity index (χ3v) is 6.90. The van der Waals surface area contributed by atoms with E-state index in [0.29, 0.717) is 34.4 Å². The molecular formula is C21H24Cl2N4O3S. The SMILES string of the molecule is Cn1ncc(Cl)c1-c1cc(NC(=O)C2=CCC(Cl)S2)ccc1OCCN1CCOCC1. The molecule has 0 aliphatic carbocycles. The Bertz CT molecular complexity index is 956. The van der Waals surface area contributed by atoms with Gasteiger partial charge in [-0.05, 0) is 24.6 Å². The summed E-state index contributed by atoms with van der Waals surface area (Å²) in [6.45, 7) is 4.67. The molecule has 1 atom stereocenters. The number of aryl methyl sites for hydroxylation is 1. The molecule has 2 aliphatic rings. The Labute approximate surface area is 195 Å². The Morgan fingerprint density at radius 2 is 2.19 bits per heavy atom. The number of carbonyl (C=O) groups excluding carboxylic acids is 1. The summed E-state index contributed by atoms with van der Waals surface area (Å²) in [7, 11) is 1.82. The molecule has 1 aromatic heterocycles. The first-order valence-corrected chi connectivity index (χ1v) is 11.8. The summed E-state index contributed by atoms with van der Waals surface area (Å²) >= 11 is 13.9. The molecule has 0 spiro atoms. The van der Waals surface area contributed by atoms with Gasteiger partial charge in [0.15, 0.2) is 0 Å². The molecule has 31 heavy (non-hydrogen) atoms. The molecule has 4 rings (SSSR count). The molecule has 166 valence electrons. The van der Waals surface area contributed by atoms with Crippen molar-refractivity contribution in [1.82, 2.24) is 14.7 Å². The number of nitrogens with zero attached hydrogens (tertiary/aromatic N) is 3. The molecule has 1 fully saturated rings. The fraction of sp³-hybridized carbons (Fsp3) is 0.429. The standard InChI is InChI=1S/C21H24Cl2N4O3S/c1-26-20(16(22)13-24-26)15-12-14(25-21(28)18-4-5-19(23)31-18)2-3-17(15)30-11-8-27-6-9-29-10-7-27/h2-4,12-13,19H,5-11H2,1H3,(H,25,28). The number of allylic oxidation sites excluding steroid dienone is 1. The fourth-order valence-electron chi connectivity index (χ4n) is 3.51. The summed E-state index contributed by atoms with van der Waals surface area (Å²) < 4.78 is 13.1. The van der Waals surface area contributed by atoms with Gasteiger partial charge in [-0.3, -0.25) is 14.4 Å². The number of hydrogen-bond acceptors (Lipinski definition) is 6. The number of hydrogen-bond donors (Lipinski definition) is 1. The number of aromatic nitrogens is 2. The van der Waals surface area contributed by atoms with Crippen LogP contribution in [0.25, 0.3) is 11.3 Å². The lowest BCUT2D eigenvalue weighted by Crippen LogP contribution is -2.38. The first kappa shape index (κ1) is 22.5. The number of morpholine rings is 1. The molecule has 1 aromatic carbocycles. The van der Waals surface area contributed by atoms with Crippen molar-refractivity contribution in [3.05, 3.63) is 40.4 Å². The number of rotatable bonds is 7. The second-order valence-corrected chi connectivity index (χ2v) is 9.70. The van der Waals surface area contributed by atoms with Crippen LogP contribution in [0.1, 0.15) is 6.42 Å². The molecule has 1 amide bonds. The fourth-order valence-corrected chi connectivity index (χ4v) is 4.98. The van der Waals surface area contributed by atoms with Gasteiger partial charge in [-0.2, -0.15) is 5.10 Å². The van der Waals surface area contributed by atoms with Crippen molar-refractivity contribution < 1.29 is 14.3 Å². The van der Waals surface area contributed by atoms with Gasteiger partial charge in [-0.15, -0.1) is 23.4 Å². The van der Waals surface area contributed by atoms with Crippen LogP contribution >= 0.6 is 35.0 Å². The number of halogens is 2. The highest BCUT2D eigenvalue weighted by Gasteiger charge is 2.22. The van der Waals surface area contributed by atoms with Gasteiger partial charge in [0.1, 0.15) is 12.4 Å². The van der Waals surface area contributed by atoms with Gasteiger partial charge < -0.3 is 14.8 Å². The second kappa shape index (κ2) is 10.3. The average Bonchev–Trinajstić information content (AvgIpc) is 3.35. The average molecular weight is 483 g/mol. The van der Waals surface area contributed by atoms with Crippen LogP contribution in [0.2, 0.25) is 5.02 Å². The highest BCUT2D eigenvalue weighted by Crippen LogP contribution is 2.38. The van der Waals surface area contributed by atoms with Gasteiger partial charge in [-0.1, -0.05) is 17.7 Å². The molecule has 2 aromatic rings. The van der Waals surface area contributed by atoms with E-state index in [-0.39, 0.29) is 10.6 Å². The van der Waals surface area contributed by atoms with Crippen LogP contribution in [-0.4, -0.2) is 64.8 Å². The number of amides is 1. The van der Waals surface area contributed by atoms with Crippen molar-refractivity contribution in [3.8, 4) is 17.0 Å². The predicted molar refractivity (Wildman–Crippen MR) is 125 cm³/mol. The maximum Gasteiger partial charge on any atom is 0.261 e. The van der Waals surface area contributed by atoms with E-state index >= 15 is 0 Å². The Kier molecular flexibility index (Phi) is 7.45. The summed E-state index contributed by atoms with van der Waals surface area (Å²) in [5.74, 6) is 0.517. The number of benzene rings is 1. The zero-order valence-electron chi connectivity index (χ0n) is 17.1. The van der Waals surface area contributed by atoms with E-state index in [2.05, 4.69) is 15.3 Å². The quantitative estimate of drug-likeness (QED) is 0.602. The maximum absolute atomic E-state index is 12.6. The molecule has 0 radical (unpaired) electrons. The van der Waals surface area contributed by atoms with Crippen LogP contribution in [0.5, 0.6) is 5.75 Å². The van der Waals surface area contributed by atoms with Crippen LogP contribution in [0, 0.1) is 0 Å². The third kappa shape index (κ3) is 5.56. The van der Waals surface area contributed by atoms with Gasteiger partial charge in [0, 0.05) is 37.9 Å². The minimum absolute atomic E-state index is 0.0909. The van der Waals surface area contributed by atoms with Gasteiger partial charge in [0.05, 0.1) is 39.7 Å². The largest absolute Gasteiger partial charge is 0.492 e. The number of anilines is 1. The second-order valence-electron chi connectivity index (χ2n) is 7.26. The van der Waals surface area contributed by atoms with Crippen molar-refractivity contribution in [1.29, 1.82) is 0 Å². The van der Waals surface area contributed by atoms with E-state index in [1.807, 2.05) is 31.3 Å². The maximum atomic E-state index is 12.6. The monoisotopic (exact) mass is 482 g/mol. The van der Waals surface area contributed by atoms with Gasteiger partial charge >= 0.3 is 0 Å². The van der Waals surface area contributed by atoms with Crippen LogP contribution in [0.3, 0.4) is 0 Å². The number of carbonyl (C=O) groups is 1. The summed E-state index contributed by atoms with van der Waals surface area (Å²) in [6, 6.07) is 5.55. The molecule has 0 saturated carbocycles. The zero-order valence-corrected chi connectivity index (χ0v) is 19.5. The lowest BCUT2D eigenvalue weighted by Gasteiger charge is -2.26. The number of thioether (sulfide) groups is 1. The van der Waals surface area contributed by atoms with Gasteiger partial charge in [-0.25, -0.2) is 0 Å². The van der Waals surface area contributed by atoms with Crippen molar-refractivity contribution in [2.75, 3.05) is 44.8 Å². The predicted octanol–water partition coefficient (Wildman–Crippen LogP) is 3.98. The first-order valence-electron chi connectivity index (χ1n) is 10.1. The molecule has 1 unspecified atom stereocenters. The lowest BCUT2D eigenvalue weighted by atomic mass is 10.1. The van der Waals surface area contributed by atoms with Crippen molar-refractivity contribution in [3.63, 3.8) is 0 Å².